The van der Waals surface area contributed by atoms with Crippen LogP contribution in [-0.4, -0.2) is 13.2 Å². The van der Waals surface area contributed by atoms with E-state index in [9.17, 15) is 0 Å². The van der Waals surface area contributed by atoms with Crippen molar-refractivity contribution in [1.82, 2.24) is 0 Å². The molecule has 0 aliphatic carbocycles. The molecule has 0 bridgehead atoms. The Morgan fingerprint density at radius 3 is 2.52 bits per heavy atom. The number of methoxy groups -OCH3 is 1. The fraction of sp³-hybridized carbons (Fsp3) is 0.333. The second-order valence-corrected chi connectivity index (χ2v) is 5.30. The van der Waals surface area contributed by atoms with Crippen molar-refractivity contribution in [3.63, 3.8) is 0 Å². The quantitative estimate of drug-likeness (QED) is 0.881. The molecule has 0 saturated heterocycles. The van der Waals surface area contributed by atoms with Crippen LogP contribution in [0.5, 0.6) is 5.75 Å². The molecule has 0 aliphatic heterocycles. The van der Waals surface area contributed by atoms with Crippen molar-refractivity contribution in [1.29, 1.82) is 0 Å². The highest BCUT2D eigenvalue weighted by Crippen LogP contribution is 2.25. The summed E-state index contributed by atoms with van der Waals surface area (Å²) in [6, 6.07) is 16.0. The van der Waals surface area contributed by atoms with Crippen LogP contribution in [0.4, 0.5) is 0 Å². The van der Waals surface area contributed by atoms with E-state index in [-0.39, 0.29) is 12.1 Å². The Labute approximate surface area is 126 Å². The molecule has 3 heteroatoms. The second kappa shape index (κ2) is 7.25. The molecule has 0 saturated carbocycles. The average Bonchev–Trinajstić information content (AvgIpc) is 2.49. The van der Waals surface area contributed by atoms with Crippen molar-refractivity contribution in [3.05, 3.63) is 65.2 Å². The Hall–Kier alpha value is -1.84. The number of hydrogen-bond acceptors (Lipinski definition) is 3. The molecule has 0 radical (unpaired) electrons. The third-order valence-corrected chi connectivity index (χ3v) is 3.54. The van der Waals surface area contributed by atoms with Gasteiger partial charge in [-0.1, -0.05) is 36.4 Å². The van der Waals surface area contributed by atoms with Crippen LogP contribution in [0, 0.1) is 6.92 Å². The molecule has 0 fully saturated rings. The maximum absolute atomic E-state index is 6.11. The zero-order valence-electron chi connectivity index (χ0n) is 12.9. The Bertz CT molecular complexity index is 581. The van der Waals surface area contributed by atoms with Gasteiger partial charge in [0.1, 0.15) is 5.75 Å². The van der Waals surface area contributed by atoms with Crippen molar-refractivity contribution in [2.24, 2.45) is 5.73 Å². The third kappa shape index (κ3) is 4.06. The summed E-state index contributed by atoms with van der Waals surface area (Å²) in [6.07, 6.45) is -0.114. The molecule has 2 atom stereocenters. The van der Waals surface area contributed by atoms with Gasteiger partial charge in [-0.3, -0.25) is 0 Å². The number of rotatable bonds is 6. The smallest absolute Gasteiger partial charge is 0.119 e. The van der Waals surface area contributed by atoms with E-state index in [1.54, 1.807) is 7.11 Å². The van der Waals surface area contributed by atoms with Crippen LogP contribution in [0.15, 0.2) is 48.5 Å². The minimum Gasteiger partial charge on any atom is -0.497 e. The first kappa shape index (κ1) is 15.5. The lowest BCUT2D eigenvalue weighted by Crippen LogP contribution is -2.27. The van der Waals surface area contributed by atoms with Crippen LogP contribution in [0.3, 0.4) is 0 Å². The fourth-order valence-electron chi connectivity index (χ4n) is 2.38. The van der Waals surface area contributed by atoms with E-state index in [0.29, 0.717) is 6.61 Å². The summed E-state index contributed by atoms with van der Waals surface area (Å²) in [5.74, 6) is 0.837. The normalized spacial score (nSPS) is 13.7. The number of ether oxygens (including phenoxy) is 2. The summed E-state index contributed by atoms with van der Waals surface area (Å²) >= 11 is 0. The predicted molar refractivity (Wildman–Crippen MR) is 85.4 cm³/mol. The highest BCUT2D eigenvalue weighted by molar-refractivity contribution is 5.30. The summed E-state index contributed by atoms with van der Waals surface area (Å²) < 4.78 is 11.3. The van der Waals surface area contributed by atoms with Gasteiger partial charge >= 0.3 is 0 Å². The first-order valence-electron chi connectivity index (χ1n) is 7.17. The lowest BCUT2D eigenvalue weighted by atomic mass is 9.99. The summed E-state index contributed by atoms with van der Waals surface area (Å²) in [7, 11) is 1.66. The van der Waals surface area contributed by atoms with E-state index in [0.717, 1.165) is 16.9 Å². The molecule has 2 aromatic carbocycles. The number of hydrogen-bond donors (Lipinski definition) is 1. The highest BCUT2D eigenvalue weighted by atomic mass is 16.5. The molecule has 0 aromatic heterocycles. The molecule has 0 aliphatic rings. The van der Waals surface area contributed by atoms with E-state index in [1.807, 2.05) is 43.3 Å². The molecule has 2 N–H and O–H groups in total. The van der Waals surface area contributed by atoms with Gasteiger partial charge in [0.25, 0.3) is 0 Å². The van der Waals surface area contributed by atoms with Gasteiger partial charge in [0.15, 0.2) is 0 Å². The summed E-state index contributed by atoms with van der Waals surface area (Å²) in [5.41, 5.74) is 9.53. The second-order valence-electron chi connectivity index (χ2n) is 5.30. The molecule has 21 heavy (non-hydrogen) atoms. The Kier molecular flexibility index (Phi) is 5.37. The SMILES string of the molecule is COc1cccc(COC(c2ccccc2C)C(C)N)c1. The maximum atomic E-state index is 6.11. The van der Waals surface area contributed by atoms with Crippen LogP contribution in [0.25, 0.3) is 0 Å². The minimum atomic E-state index is -0.114. The molecule has 0 heterocycles. The summed E-state index contributed by atoms with van der Waals surface area (Å²) in [6.45, 7) is 4.57. The number of benzene rings is 2. The standard InChI is InChI=1S/C18H23NO2/c1-13-7-4-5-10-17(13)18(14(2)19)21-12-15-8-6-9-16(11-15)20-3/h4-11,14,18H,12,19H2,1-3H3. The Morgan fingerprint density at radius 2 is 1.86 bits per heavy atom. The molecular weight excluding hydrogens is 262 g/mol. The minimum absolute atomic E-state index is 0.0725. The van der Waals surface area contributed by atoms with Gasteiger partial charge in [0, 0.05) is 6.04 Å². The molecule has 2 rings (SSSR count). The summed E-state index contributed by atoms with van der Waals surface area (Å²) in [4.78, 5) is 0. The van der Waals surface area contributed by atoms with Gasteiger partial charge in [0.2, 0.25) is 0 Å². The van der Waals surface area contributed by atoms with Gasteiger partial charge in [-0.25, -0.2) is 0 Å². The molecule has 0 amide bonds. The van der Waals surface area contributed by atoms with Crippen LogP contribution < -0.4 is 10.5 Å². The molecule has 2 unspecified atom stereocenters. The summed E-state index contributed by atoms with van der Waals surface area (Å²) in [5, 5.41) is 0. The lowest BCUT2D eigenvalue weighted by molar-refractivity contribution is 0.0254. The maximum Gasteiger partial charge on any atom is 0.119 e. The number of aryl methyl sites for hydroxylation is 1. The highest BCUT2D eigenvalue weighted by Gasteiger charge is 2.18. The zero-order valence-corrected chi connectivity index (χ0v) is 12.9. The average molecular weight is 285 g/mol. The monoisotopic (exact) mass is 285 g/mol. The molecule has 2 aromatic rings. The van der Waals surface area contributed by atoms with E-state index in [2.05, 4.69) is 19.1 Å². The Balaban J connectivity index is 2.12. The van der Waals surface area contributed by atoms with Crippen LogP contribution in [0.1, 0.15) is 29.7 Å². The van der Waals surface area contributed by atoms with Crippen molar-refractivity contribution >= 4 is 0 Å². The molecule has 3 nitrogen and oxygen atoms in total. The zero-order chi connectivity index (χ0) is 15.2. The molecule has 0 spiro atoms. The van der Waals surface area contributed by atoms with E-state index in [1.165, 1.54) is 5.56 Å². The predicted octanol–water partition coefficient (Wildman–Crippen LogP) is 3.61. The van der Waals surface area contributed by atoms with E-state index in [4.69, 9.17) is 15.2 Å². The van der Waals surface area contributed by atoms with Crippen LogP contribution in [0.2, 0.25) is 0 Å². The lowest BCUT2D eigenvalue weighted by Gasteiger charge is -2.23. The van der Waals surface area contributed by atoms with Gasteiger partial charge in [0.05, 0.1) is 19.8 Å². The largest absolute Gasteiger partial charge is 0.497 e. The van der Waals surface area contributed by atoms with Gasteiger partial charge < -0.3 is 15.2 Å². The first-order chi connectivity index (χ1) is 10.1. The van der Waals surface area contributed by atoms with Crippen LogP contribution >= 0.6 is 0 Å². The fourth-order valence-corrected chi connectivity index (χ4v) is 2.38. The van der Waals surface area contributed by atoms with Gasteiger partial charge in [-0.15, -0.1) is 0 Å². The van der Waals surface area contributed by atoms with E-state index < -0.39 is 0 Å². The first-order valence-corrected chi connectivity index (χ1v) is 7.17. The van der Waals surface area contributed by atoms with Crippen molar-refractivity contribution in [2.75, 3.05) is 7.11 Å². The molecular formula is C18H23NO2. The topological polar surface area (TPSA) is 44.5 Å². The van der Waals surface area contributed by atoms with Crippen molar-refractivity contribution in [3.8, 4) is 5.75 Å². The number of nitrogens with two attached hydrogens (primary N) is 1. The Morgan fingerprint density at radius 1 is 1.10 bits per heavy atom. The van der Waals surface area contributed by atoms with Gasteiger partial charge in [-0.2, -0.15) is 0 Å². The molecule has 112 valence electrons. The third-order valence-electron chi connectivity index (χ3n) is 3.54. The van der Waals surface area contributed by atoms with E-state index >= 15 is 0 Å². The van der Waals surface area contributed by atoms with Crippen LogP contribution in [-0.2, 0) is 11.3 Å². The van der Waals surface area contributed by atoms with Crippen molar-refractivity contribution in [2.45, 2.75) is 32.6 Å². The van der Waals surface area contributed by atoms with Gasteiger partial charge in [-0.05, 0) is 42.7 Å². The van der Waals surface area contributed by atoms with Crippen molar-refractivity contribution < 1.29 is 9.47 Å².